The second kappa shape index (κ2) is 8.54. The number of rotatable bonds is 7. The zero-order valence-corrected chi connectivity index (χ0v) is 13.7. The number of hydrogen-bond acceptors (Lipinski definition) is 4. The van der Waals surface area contributed by atoms with Gasteiger partial charge in [-0.1, -0.05) is 58.0 Å². The fraction of sp³-hybridized carbons (Fsp3) is 0.529. The molecule has 0 heterocycles. The molecule has 0 saturated carbocycles. The van der Waals surface area contributed by atoms with Crippen LogP contribution in [0.2, 0.25) is 0 Å². The molecule has 0 radical (unpaired) electrons. The topological polar surface area (TPSA) is 81.4 Å². The summed E-state index contributed by atoms with van der Waals surface area (Å²) in [5.74, 6) is -0.840. The Labute approximate surface area is 132 Å². The minimum Gasteiger partial charge on any atom is -0.459 e. The van der Waals surface area contributed by atoms with Gasteiger partial charge in [0.1, 0.15) is 12.6 Å². The third-order valence-corrected chi connectivity index (χ3v) is 3.46. The number of esters is 1. The summed E-state index contributed by atoms with van der Waals surface area (Å²) in [5.41, 5.74) is 6.72. The van der Waals surface area contributed by atoms with Gasteiger partial charge in [-0.05, 0) is 17.4 Å². The van der Waals surface area contributed by atoms with E-state index in [-0.39, 0.29) is 24.3 Å². The summed E-state index contributed by atoms with van der Waals surface area (Å²) in [5, 5.41) is 2.70. The third kappa shape index (κ3) is 5.48. The van der Waals surface area contributed by atoms with E-state index in [1.165, 1.54) is 0 Å². The lowest BCUT2D eigenvalue weighted by atomic mass is 10.0. The van der Waals surface area contributed by atoms with Crippen molar-refractivity contribution in [2.75, 3.05) is 0 Å². The van der Waals surface area contributed by atoms with Crippen LogP contribution in [-0.2, 0) is 20.9 Å². The third-order valence-electron chi connectivity index (χ3n) is 3.46. The average molecular weight is 306 g/mol. The Kier molecular flexibility index (Phi) is 7.05. The summed E-state index contributed by atoms with van der Waals surface area (Å²) in [6.45, 7) is 7.63. The van der Waals surface area contributed by atoms with E-state index in [2.05, 4.69) is 5.32 Å². The average Bonchev–Trinajstić information content (AvgIpc) is 2.49. The lowest BCUT2D eigenvalue weighted by molar-refractivity contribution is -0.150. The number of ether oxygens (including phenoxy) is 1. The highest BCUT2D eigenvalue weighted by atomic mass is 16.5. The van der Waals surface area contributed by atoms with E-state index in [9.17, 15) is 9.59 Å². The van der Waals surface area contributed by atoms with Crippen LogP contribution < -0.4 is 11.1 Å². The fourth-order valence-corrected chi connectivity index (χ4v) is 1.87. The first-order valence-corrected chi connectivity index (χ1v) is 7.59. The molecule has 1 aromatic carbocycles. The number of hydrogen-bond donors (Lipinski definition) is 2. The highest BCUT2D eigenvalue weighted by Crippen LogP contribution is 2.08. The maximum absolute atomic E-state index is 12.2. The van der Waals surface area contributed by atoms with E-state index in [0.717, 1.165) is 5.56 Å². The number of carbonyl (C=O) groups is 2. The predicted octanol–water partition coefficient (Wildman–Crippen LogP) is 1.85. The van der Waals surface area contributed by atoms with E-state index >= 15 is 0 Å². The van der Waals surface area contributed by atoms with Gasteiger partial charge in [0.2, 0.25) is 5.91 Å². The van der Waals surface area contributed by atoms with E-state index in [1.54, 1.807) is 0 Å². The Morgan fingerprint density at radius 1 is 1.09 bits per heavy atom. The molecular formula is C17H26N2O3. The SMILES string of the molecule is CC(C)[C@@H](N)C(=O)N[C@@H](C(=O)OCc1ccccc1)C(C)C. The van der Waals surface area contributed by atoms with Crippen LogP contribution in [0.15, 0.2) is 30.3 Å². The Morgan fingerprint density at radius 2 is 1.68 bits per heavy atom. The van der Waals surface area contributed by atoms with Crippen molar-refractivity contribution in [1.29, 1.82) is 0 Å². The molecule has 0 unspecified atom stereocenters. The van der Waals surface area contributed by atoms with Crippen molar-refractivity contribution in [3.05, 3.63) is 35.9 Å². The van der Waals surface area contributed by atoms with E-state index < -0.39 is 18.1 Å². The number of nitrogens with two attached hydrogens (primary N) is 1. The molecule has 0 aliphatic heterocycles. The van der Waals surface area contributed by atoms with Crippen molar-refractivity contribution in [2.45, 2.75) is 46.4 Å². The van der Waals surface area contributed by atoms with Crippen LogP contribution in [0.25, 0.3) is 0 Å². The molecule has 0 bridgehead atoms. The van der Waals surface area contributed by atoms with Gasteiger partial charge in [0, 0.05) is 0 Å². The summed E-state index contributed by atoms with van der Waals surface area (Å²) in [6, 6.07) is 8.09. The molecule has 3 N–H and O–H groups in total. The summed E-state index contributed by atoms with van der Waals surface area (Å²) < 4.78 is 5.30. The summed E-state index contributed by atoms with van der Waals surface area (Å²) in [4.78, 5) is 24.2. The van der Waals surface area contributed by atoms with Gasteiger partial charge in [0.05, 0.1) is 6.04 Å². The van der Waals surface area contributed by atoms with Crippen molar-refractivity contribution in [3.63, 3.8) is 0 Å². The summed E-state index contributed by atoms with van der Waals surface area (Å²) in [7, 11) is 0. The molecule has 1 rings (SSSR count). The van der Waals surface area contributed by atoms with Crippen LogP contribution in [0.3, 0.4) is 0 Å². The minimum absolute atomic E-state index is 0.00755. The van der Waals surface area contributed by atoms with Crippen LogP contribution in [0.5, 0.6) is 0 Å². The maximum atomic E-state index is 12.2. The van der Waals surface area contributed by atoms with Crippen molar-refractivity contribution in [3.8, 4) is 0 Å². The van der Waals surface area contributed by atoms with Crippen LogP contribution >= 0.6 is 0 Å². The quantitative estimate of drug-likeness (QED) is 0.753. The molecule has 2 atom stereocenters. The normalized spacial score (nSPS) is 13.8. The van der Waals surface area contributed by atoms with Gasteiger partial charge in [-0.2, -0.15) is 0 Å². The Bertz CT molecular complexity index is 486. The molecule has 1 aromatic rings. The highest BCUT2D eigenvalue weighted by molar-refractivity contribution is 5.87. The lowest BCUT2D eigenvalue weighted by Gasteiger charge is -2.24. The largest absolute Gasteiger partial charge is 0.459 e. The second-order valence-electron chi connectivity index (χ2n) is 6.09. The van der Waals surface area contributed by atoms with Crippen molar-refractivity contribution >= 4 is 11.9 Å². The van der Waals surface area contributed by atoms with Gasteiger partial charge in [0.25, 0.3) is 0 Å². The van der Waals surface area contributed by atoms with Crippen LogP contribution in [0, 0.1) is 11.8 Å². The molecule has 5 heteroatoms. The molecule has 0 saturated heterocycles. The molecular weight excluding hydrogens is 280 g/mol. The maximum Gasteiger partial charge on any atom is 0.329 e. The first-order chi connectivity index (χ1) is 10.3. The fourth-order valence-electron chi connectivity index (χ4n) is 1.87. The van der Waals surface area contributed by atoms with E-state index in [0.29, 0.717) is 0 Å². The molecule has 0 aromatic heterocycles. The monoisotopic (exact) mass is 306 g/mol. The molecule has 5 nitrogen and oxygen atoms in total. The standard InChI is InChI=1S/C17H26N2O3/c1-11(2)14(18)16(20)19-15(12(3)4)17(21)22-10-13-8-6-5-7-9-13/h5-9,11-12,14-15H,10,18H2,1-4H3,(H,19,20)/t14-,15-/m1/s1. The number of amides is 1. The van der Waals surface area contributed by atoms with E-state index in [1.807, 2.05) is 58.0 Å². The van der Waals surface area contributed by atoms with Gasteiger partial charge in [-0.3, -0.25) is 4.79 Å². The molecule has 0 aliphatic rings. The Hall–Kier alpha value is -1.88. The van der Waals surface area contributed by atoms with Crippen molar-refractivity contribution in [1.82, 2.24) is 5.32 Å². The molecule has 0 fully saturated rings. The number of benzene rings is 1. The van der Waals surface area contributed by atoms with Crippen molar-refractivity contribution in [2.24, 2.45) is 17.6 Å². The molecule has 122 valence electrons. The lowest BCUT2D eigenvalue weighted by Crippen LogP contribution is -2.52. The zero-order valence-electron chi connectivity index (χ0n) is 13.7. The predicted molar refractivity (Wildman–Crippen MR) is 85.8 cm³/mol. The van der Waals surface area contributed by atoms with Crippen molar-refractivity contribution < 1.29 is 14.3 Å². The van der Waals surface area contributed by atoms with Crippen LogP contribution in [-0.4, -0.2) is 24.0 Å². The van der Waals surface area contributed by atoms with Gasteiger partial charge in [0.15, 0.2) is 0 Å². The van der Waals surface area contributed by atoms with Gasteiger partial charge in [-0.25, -0.2) is 4.79 Å². The number of carbonyl (C=O) groups excluding carboxylic acids is 2. The van der Waals surface area contributed by atoms with Crippen LogP contribution in [0.4, 0.5) is 0 Å². The van der Waals surface area contributed by atoms with Gasteiger partial charge >= 0.3 is 5.97 Å². The minimum atomic E-state index is -0.694. The zero-order chi connectivity index (χ0) is 16.7. The first kappa shape index (κ1) is 18.2. The smallest absolute Gasteiger partial charge is 0.329 e. The van der Waals surface area contributed by atoms with E-state index in [4.69, 9.17) is 10.5 Å². The summed E-state index contributed by atoms with van der Waals surface area (Å²) in [6.07, 6.45) is 0. The number of nitrogens with one attached hydrogen (secondary N) is 1. The van der Waals surface area contributed by atoms with Gasteiger partial charge in [-0.15, -0.1) is 0 Å². The summed E-state index contributed by atoms with van der Waals surface area (Å²) >= 11 is 0. The second-order valence-corrected chi connectivity index (χ2v) is 6.09. The van der Waals surface area contributed by atoms with Crippen LogP contribution in [0.1, 0.15) is 33.3 Å². The molecule has 0 aliphatic carbocycles. The molecule has 1 amide bonds. The first-order valence-electron chi connectivity index (χ1n) is 7.59. The molecule has 0 spiro atoms. The Morgan fingerprint density at radius 3 is 2.18 bits per heavy atom. The molecule has 22 heavy (non-hydrogen) atoms. The highest BCUT2D eigenvalue weighted by Gasteiger charge is 2.28. The van der Waals surface area contributed by atoms with Gasteiger partial charge < -0.3 is 15.8 Å². The Balaban J connectivity index is 2.62.